The Morgan fingerprint density at radius 1 is 1.42 bits per heavy atom. The molecule has 9 heteroatoms. The maximum Gasteiger partial charge on any atom is 0.326 e. The topological polar surface area (TPSA) is 122 Å². The molecule has 1 rings (SSSR count). The van der Waals surface area contributed by atoms with E-state index in [1.54, 1.807) is 0 Å². The van der Waals surface area contributed by atoms with Crippen LogP contribution in [0.2, 0.25) is 10.2 Å². The number of pyridine rings is 1. The molecular formula is C10H9Cl2N3O4. The number of aliphatic carboxylic acids is 1. The van der Waals surface area contributed by atoms with Gasteiger partial charge < -0.3 is 16.2 Å². The second-order valence-electron chi connectivity index (χ2n) is 3.53. The molecule has 7 nitrogen and oxygen atoms in total. The summed E-state index contributed by atoms with van der Waals surface area (Å²) in [7, 11) is 0. The second kappa shape index (κ2) is 6.35. The highest BCUT2D eigenvalue weighted by atomic mass is 35.5. The molecular weight excluding hydrogens is 297 g/mol. The fourth-order valence-electron chi connectivity index (χ4n) is 1.19. The van der Waals surface area contributed by atoms with Crippen molar-refractivity contribution < 1.29 is 19.5 Å². The number of aromatic nitrogens is 1. The normalized spacial score (nSPS) is 11.7. The second-order valence-corrected chi connectivity index (χ2v) is 4.30. The van der Waals surface area contributed by atoms with Gasteiger partial charge in [0, 0.05) is 6.20 Å². The van der Waals surface area contributed by atoms with E-state index in [4.69, 9.17) is 34.0 Å². The van der Waals surface area contributed by atoms with E-state index in [0.29, 0.717) is 0 Å². The van der Waals surface area contributed by atoms with Gasteiger partial charge in [-0.1, -0.05) is 23.2 Å². The number of rotatable bonds is 5. The molecule has 1 aromatic heterocycles. The summed E-state index contributed by atoms with van der Waals surface area (Å²) in [6.45, 7) is 0. The van der Waals surface area contributed by atoms with Crippen LogP contribution in [-0.2, 0) is 9.59 Å². The molecule has 0 bridgehead atoms. The maximum atomic E-state index is 11.7. The summed E-state index contributed by atoms with van der Waals surface area (Å²) in [6.07, 6.45) is 0.614. The molecule has 2 amide bonds. The van der Waals surface area contributed by atoms with E-state index in [-0.39, 0.29) is 15.7 Å². The summed E-state index contributed by atoms with van der Waals surface area (Å²) >= 11 is 11.3. The maximum absolute atomic E-state index is 11.7. The number of nitrogens with zero attached hydrogens (tertiary/aromatic N) is 1. The molecule has 0 fully saturated rings. The molecule has 0 aliphatic carbocycles. The molecule has 0 saturated heterocycles. The van der Waals surface area contributed by atoms with Gasteiger partial charge in [0.2, 0.25) is 5.91 Å². The van der Waals surface area contributed by atoms with E-state index < -0.39 is 30.2 Å². The summed E-state index contributed by atoms with van der Waals surface area (Å²) in [4.78, 5) is 36.9. The Labute approximate surface area is 117 Å². The Morgan fingerprint density at radius 3 is 2.53 bits per heavy atom. The van der Waals surface area contributed by atoms with Crippen LogP contribution in [0.1, 0.15) is 16.8 Å². The van der Waals surface area contributed by atoms with Gasteiger partial charge in [0.1, 0.15) is 11.2 Å². The highest BCUT2D eigenvalue weighted by Gasteiger charge is 2.23. The highest BCUT2D eigenvalue weighted by molar-refractivity contribution is 6.41. The van der Waals surface area contributed by atoms with Gasteiger partial charge in [-0.15, -0.1) is 0 Å². The Kier molecular flexibility index (Phi) is 5.08. The Bertz CT molecular complexity index is 536. The molecule has 0 saturated carbocycles. The van der Waals surface area contributed by atoms with Gasteiger partial charge in [-0.2, -0.15) is 0 Å². The minimum Gasteiger partial charge on any atom is -0.480 e. The average Bonchev–Trinajstić information content (AvgIpc) is 2.31. The first-order valence-corrected chi connectivity index (χ1v) is 5.70. The number of hydrogen-bond donors (Lipinski definition) is 3. The van der Waals surface area contributed by atoms with Gasteiger partial charge in [-0.05, 0) is 6.07 Å². The summed E-state index contributed by atoms with van der Waals surface area (Å²) in [6, 6.07) is -0.186. The minimum atomic E-state index is -1.42. The summed E-state index contributed by atoms with van der Waals surface area (Å²) in [5.74, 6) is -2.97. The van der Waals surface area contributed by atoms with E-state index in [0.717, 1.165) is 6.20 Å². The van der Waals surface area contributed by atoms with Gasteiger partial charge >= 0.3 is 5.97 Å². The fraction of sp³-hybridized carbons (Fsp3) is 0.200. The van der Waals surface area contributed by atoms with Crippen molar-refractivity contribution in [3.63, 3.8) is 0 Å². The molecule has 1 heterocycles. The molecule has 1 atom stereocenters. The highest BCUT2D eigenvalue weighted by Crippen LogP contribution is 2.19. The number of carboxylic acid groups (broad SMARTS) is 1. The zero-order valence-corrected chi connectivity index (χ0v) is 10.9. The first-order chi connectivity index (χ1) is 8.81. The Morgan fingerprint density at radius 2 is 2.05 bits per heavy atom. The predicted octanol–water partition coefficient (Wildman–Crippen LogP) is 0.447. The number of amides is 2. The molecule has 102 valence electrons. The van der Waals surface area contributed by atoms with Crippen LogP contribution in [0.3, 0.4) is 0 Å². The van der Waals surface area contributed by atoms with Crippen LogP contribution in [0, 0.1) is 0 Å². The number of halogens is 2. The lowest BCUT2D eigenvalue weighted by Gasteiger charge is -2.12. The molecule has 1 aromatic rings. The van der Waals surface area contributed by atoms with Crippen molar-refractivity contribution in [2.24, 2.45) is 5.73 Å². The standard InChI is InChI=1S/C10H9Cl2N3O4/c11-5-1-4(3-14-8(5)12)9(17)15-6(10(18)19)2-7(13)16/h1,3,6H,2H2,(H2,13,16)(H,15,17)(H,18,19). The van der Waals surface area contributed by atoms with Crippen LogP contribution in [0.15, 0.2) is 12.3 Å². The van der Waals surface area contributed by atoms with E-state index in [2.05, 4.69) is 10.3 Å². The Balaban J connectivity index is 2.84. The lowest BCUT2D eigenvalue weighted by Crippen LogP contribution is -2.43. The first kappa shape index (κ1) is 15.2. The number of hydrogen-bond acceptors (Lipinski definition) is 4. The number of carbonyl (C=O) groups is 3. The van der Waals surface area contributed by atoms with Gasteiger partial charge in [-0.25, -0.2) is 9.78 Å². The van der Waals surface area contributed by atoms with Crippen LogP contribution < -0.4 is 11.1 Å². The number of carboxylic acids is 1. The van der Waals surface area contributed by atoms with Crippen molar-refractivity contribution in [3.8, 4) is 0 Å². The van der Waals surface area contributed by atoms with Gasteiger partial charge in [-0.3, -0.25) is 9.59 Å². The summed E-state index contributed by atoms with van der Waals surface area (Å²) in [5, 5.41) is 11.0. The third-order valence-corrected chi connectivity index (χ3v) is 2.75. The lowest BCUT2D eigenvalue weighted by atomic mass is 10.2. The van der Waals surface area contributed by atoms with Crippen LogP contribution >= 0.6 is 23.2 Å². The zero-order chi connectivity index (χ0) is 14.6. The van der Waals surface area contributed by atoms with Gasteiger partial charge in [0.15, 0.2) is 0 Å². The lowest BCUT2D eigenvalue weighted by molar-refractivity contribution is -0.140. The molecule has 0 aromatic carbocycles. The van der Waals surface area contributed by atoms with E-state index in [9.17, 15) is 14.4 Å². The van der Waals surface area contributed by atoms with Crippen molar-refractivity contribution >= 4 is 41.0 Å². The Hall–Kier alpha value is -1.86. The first-order valence-electron chi connectivity index (χ1n) is 4.94. The third-order valence-electron chi connectivity index (χ3n) is 2.07. The van der Waals surface area contributed by atoms with Crippen molar-refractivity contribution in [2.75, 3.05) is 0 Å². The van der Waals surface area contributed by atoms with Crippen molar-refractivity contribution in [1.29, 1.82) is 0 Å². The molecule has 0 aliphatic heterocycles. The quantitative estimate of drug-likeness (QED) is 0.681. The van der Waals surface area contributed by atoms with Crippen LogP contribution in [-0.4, -0.2) is 33.9 Å². The van der Waals surface area contributed by atoms with Crippen LogP contribution in [0.5, 0.6) is 0 Å². The molecule has 19 heavy (non-hydrogen) atoms. The smallest absolute Gasteiger partial charge is 0.326 e. The molecule has 1 unspecified atom stereocenters. The number of primary amides is 1. The third kappa shape index (κ3) is 4.38. The van der Waals surface area contributed by atoms with Crippen LogP contribution in [0.25, 0.3) is 0 Å². The average molecular weight is 306 g/mol. The van der Waals surface area contributed by atoms with Crippen molar-refractivity contribution in [2.45, 2.75) is 12.5 Å². The molecule has 0 spiro atoms. The minimum absolute atomic E-state index is 0.0186. The van der Waals surface area contributed by atoms with Crippen molar-refractivity contribution in [1.82, 2.24) is 10.3 Å². The van der Waals surface area contributed by atoms with Crippen molar-refractivity contribution in [3.05, 3.63) is 28.0 Å². The summed E-state index contributed by atoms with van der Waals surface area (Å²) in [5.41, 5.74) is 4.90. The van der Waals surface area contributed by atoms with Gasteiger partial charge in [0.05, 0.1) is 17.0 Å². The number of nitrogens with two attached hydrogens (primary N) is 1. The predicted molar refractivity (Wildman–Crippen MR) is 67.0 cm³/mol. The SMILES string of the molecule is NC(=O)CC(NC(=O)c1cnc(Cl)c(Cl)c1)C(=O)O. The summed E-state index contributed by atoms with van der Waals surface area (Å²) < 4.78 is 0. The largest absolute Gasteiger partial charge is 0.480 e. The van der Waals surface area contributed by atoms with E-state index in [1.165, 1.54) is 6.07 Å². The van der Waals surface area contributed by atoms with E-state index >= 15 is 0 Å². The number of carbonyl (C=O) groups excluding carboxylic acids is 2. The molecule has 0 radical (unpaired) electrons. The monoisotopic (exact) mass is 305 g/mol. The molecule has 4 N–H and O–H groups in total. The van der Waals surface area contributed by atoms with Crippen LogP contribution in [0.4, 0.5) is 0 Å². The molecule has 0 aliphatic rings. The fourth-order valence-corrected chi connectivity index (χ4v) is 1.46. The zero-order valence-electron chi connectivity index (χ0n) is 9.39. The number of nitrogens with one attached hydrogen (secondary N) is 1. The van der Waals surface area contributed by atoms with E-state index in [1.807, 2.05) is 0 Å². The van der Waals surface area contributed by atoms with Gasteiger partial charge in [0.25, 0.3) is 5.91 Å².